The van der Waals surface area contributed by atoms with Crippen LogP contribution in [0.15, 0.2) is 11.2 Å². The minimum atomic E-state index is 0.433. The lowest BCUT2D eigenvalue weighted by Crippen LogP contribution is -2.42. The van der Waals surface area contributed by atoms with Crippen LogP contribution in [0.2, 0.25) is 0 Å². The number of likely N-dealkylation sites (tertiary alicyclic amines) is 1. The van der Waals surface area contributed by atoms with Gasteiger partial charge in [0.15, 0.2) is 5.96 Å². The van der Waals surface area contributed by atoms with Crippen molar-refractivity contribution in [1.29, 1.82) is 0 Å². The van der Waals surface area contributed by atoms with Crippen molar-refractivity contribution in [2.24, 2.45) is 12.0 Å². The minimum absolute atomic E-state index is 0.433. The standard InChI is InChI=1S/C19H36N6/c1-16(2)18-17(15-24(5)22-18)14-23(4)19(20-3)21-10-13-25-11-8-6-7-9-12-25/h15-16H,6-14H2,1-5H3,(H,20,21). The number of aliphatic imine (C=N–C) groups is 1. The molecule has 1 N–H and O–H groups in total. The van der Waals surface area contributed by atoms with Gasteiger partial charge in [-0.05, 0) is 31.8 Å². The van der Waals surface area contributed by atoms with E-state index < -0.39 is 0 Å². The number of aryl methyl sites for hydroxylation is 1. The number of guanidine groups is 1. The predicted molar refractivity (Wildman–Crippen MR) is 105 cm³/mol. The molecule has 0 spiro atoms. The lowest BCUT2D eigenvalue weighted by molar-refractivity contribution is 0.288. The van der Waals surface area contributed by atoms with Crippen molar-refractivity contribution in [2.45, 2.75) is 52.0 Å². The smallest absolute Gasteiger partial charge is 0.193 e. The maximum absolute atomic E-state index is 4.60. The van der Waals surface area contributed by atoms with Crippen LogP contribution < -0.4 is 5.32 Å². The fourth-order valence-corrected chi connectivity index (χ4v) is 3.56. The third-order valence-electron chi connectivity index (χ3n) is 4.87. The van der Waals surface area contributed by atoms with Gasteiger partial charge < -0.3 is 15.1 Å². The summed E-state index contributed by atoms with van der Waals surface area (Å²) in [5.41, 5.74) is 2.45. The van der Waals surface area contributed by atoms with Gasteiger partial charge in [-0.2, -0.15) is 5.10 Å². The number of hydrogen-bond acceptors (Lipinski definition) is 3. The molecule has 1 aliphatic heterocycles. The van der Waals surface area contributed by atoms with Crippen molar-refractivity contribution >= 4 is 5.96 Å². The number of nitrogens with zero attached hydrogens (tertiary/aromatic N) is 5. The highest BCUT2D eigenvalue weighted by Crippen LogP contribution is 2.18. The molecule has 2 rings (SSSR count). The fourth-order valence-electron chi connectivity index (χ4n) is 3.56. The first kappa shape index (κ1) is 19.8. The Balaban J connectivity index is 1.85. The van der Waals surface area contributed by atoms with Gasteiger partial charge in [-0.25, -0.2) is 0 Å². The topological polar surface area (TPSA) is 48.7 Å². The summed E-state index contributed by atoms with van der Waals surface area (Å²) in [7, 11) is 5.94. The number of nitrogens with one attached hydrogen (secondary N) is 1. The van der Waals surface area contributed by atoms with Crippen LogP contribution in [0.25, 0.3) is 0 Å². The van der Waals surface area contributed by atoms with Gasteiger partial charge >= 0.3 is 0 Å². The van der Waals surface area contributed by atoms with Gasteiger partial charge in [-0.3, -0.25) is 9.67 Å². The molecule has 0 amide bonds. The molecular weight excluding hydrogens is 312 g/mol. The van der Waals surface area contributed by atoms with Crippen molar-refractivity contribution in [2.75, 3.05) is 40.3 Å². The Bertz CT molecular complexity index is 540. The Hall–Kier alpha value is -1.56. The summed E-state index contributed by atoms with van der Waals surface area (Å²) in [5.74, 6) is 1.39. The lowest BCUT2D eigenvalue weighted by Gasteiger charge is -2.24. The zero-order valence-electron chi connectivity index (χ0n) is 16.8. The molecule has 0 radical (unpaired) electrons. The first-order valence-corrected chi connectivity index (χ1v) is 9.67. The van der Waals surface area contributed by atoms with Gasteiger partial charge in [0.2, 0.25) is 0 Å². The monoisotopic (exact) mass is 348 g/mol. The highest BCUT2D eigenvalue weighted by molar-refractivity contribution is 5.79. The molecule has 1 saturated heterocycles. The van der Waals surface area contributed by atoms with E-state index >= 15 is 0 Å². The van der Waals surface area contributed by atoms with Gasteiger partial charge in [0.25, 0.3) is 0 Å². The zero-order valence-corrected chi connectivity index (χ0v) is 16.8. The van der Waals surface area contributed by atoms with Crippen LogP contribution in [0.3, 0.4) is 0 Å². The van der Waals surface area contributed by atoms with E-state index in [1.54, 1.807) is 0 Å². The van der Waals surface area contributed by atoms with Crippen LogP contribution in [0.1, 0.15) is 56.7 Å². The Morgan fingerprint density at radius 3 is 2.56 bits per heavy atom. The Morgan fingerprint density at radius 2 is 1.96 bits per heavy atom. The van der Waals surface area contributed by atoms with Crippen molar-refractivity contribution in [3.63, 3.8) is 0 Å². The molecule has 6 heteroatoms. The first-order chi connectivity index (χ1) is 12.0. The van der Waals surface area contributed by atoms with Crippen LogP contribution in [0, 0.1) is 0 Å². The van der Waals surface area contributed by atoms with Crippen LogP contribution in [0.4, 0.5) is 0 Å². The van der Waals surface area contributed by atoms with E-state index in [0.29, 0.717) is 5.92 Å². The highest BCUT2D eigenvalue weighted by Gasteiger charge is 2.15. The Labute approximate surface area is 153 Å². The van der Waals surface area contributed by atoms with Gasteiger partial charge in [-0.15, -0.1) is 0 Å². The van der Waals surface area contributed by atoms with Crippen LogP contribution in [0.5, 0.6) is 0 Å². The molecule has 1 fully saturated rings. The van der Waals surface area contributed by atoms with E-state index in [-0.39, 0.29) is 0 Å². The summed E-state index contributed by atoms with van der Waals surface area (Å²) in [6.07, 6.45) is 7.58. The largest absolute Gasteiger partial charge is 0.355 e. The Morgan fingerprint density at radius 1 is 1.28 bits per heavy atom. The first-order valence-electron chi connectivity index (χ1n) is 9.67. The molecule has 6 nitrogen and oxygen atoms in total. The van der Waals surface area contributed by atoms with E-state index in [0.717, 1.165) is 25.6 Å². The third kappa shape index (κ3) is 6.03. The van der Waals surface area contributed by atoms with E-state index in [1.807, 2.05) is 18.8 Å². The molecule has 0 saturated carbocycles. The van der Waals surface area contributed by atoms with Crippen molar-refractivity contribution < 1.29 is 0 Å². The molecule has 0 bridgehead atoms. The third-order valence-corrected chi connectivity index (χ3v) is 4.87. The molecule has 0 aliphatic carbocycles. The summed E-state index contributed by atoms with van der Waals surface area (Å²) < 4.78 is 1.91. The molecule has 1 aliphatic rings. The van der Waals surface area contributed by atoms with E-state index in [2.05, 4.69) is 52.3 Å². The fraction of sp³-hybridized carbons (Fsp3) is 0.789. The molecule has 0 aromatic carbocycles. The van der Waals surface area contributed by atoms with Crippen LogP contribution in [-0.2, 0) is 13.6 Å². The molecule has 1 aromatic heterocycles. The summed E-state index contributed by atoms with van der Waals surface area (Å²) in [5, 5.41) is 8.12. The lowest BCUT2D eigenvalue weighted by atomic mass is 10.1. The van der Waals surface area contributed by atoms with E-state index in [4.69, 9.17) is 0 Å². The molecule has 1 aromatic rings. The average molecular weight is 349 g/mol. The number of aromatic nitrogens is 2. The van der Waals surface area contributed by atoms with Gasteiger partial charge in [-0.1, -0.05) is 26.7 Å². The molecular formula is C19H36N6. The van der Waals surface area contributed by atoms with Crippen molar-refractivity contribution in [3.8, 4) is 0 Å². The second-order valence-electron chi connectivity index (χ2n) is 7.45. The summed E-state index contributed by atoms with van der Waals surface area (Å²) in [4.78, 5) is 9.21. The van der Waals surface area contributed by atoms with E-state index in [1.165, 1.54) is 50.0 Å². The molecule has 25 heavy (non-hydrogen) atoms. The van der Waals surface area contributed by atoms with Crippen molar-refractivity contribution in [3.05, 3.63) is 17.5 Å². The molecule has 2 heterocycles. The number of rotatable bonds is 6. The summed E-state index contributed by atoms with van der Waals surface area (Å²) in [6, 6.07) is 0. The second-order valence-corrected chi connectivity index (χ2v) is 7.45. The SMILES string of the molecule is CN=C(NCCN1CCCCCC1)N(C)Cc1cn(C)nc1C(C)C. The molecule has 142 valence electrons. The number of hydrogen-bond donors (Lipinski definition) is 1. The van der Waals surface area contributed by atoms with Gasteiger partial charge in [0.05, 0.1) is 5.69 Å². The van der Waals surface area contributed by atoms with Crippen LogP contribution >= 0.6 is 0 Å². The normalized spacial score (nSPS) is 17.0. The maximum atomic E-state index is 4.60. The molecule has 0 atom stereocenters. The minimum Gasteiger partial charge on any atom is -0.355 e. The van der Waals surface area contributed by atoms with Crippen molar-refractivity contribution in [1.82, 2.24) is 24.9 Å². The quantitative estimate of drug-likeness (QED) is 0.634. The van der Waals surface area contributed by atoms with E-state index in [9.17, 15) is 0 Å². The molecule has 0 unspecified atom stereocenters. The summed E-state index contributed by atoms with van der Waals surface area (Å²) >= 11 is 0. The average Bonchev–Trinajstić information content (AvgIpc) is 2.78. The highest BCUT2D eigenvalue weighted by atomic mass is 15.3. The second kappa shape index (κ2) is 9.80. The zero-order chi connectivity index (χ0) is 18.2. The summed E-state index contributed by atoms with van der Waals surface area (Å²) in [6.45, 7) is 9.73. The van der Waals surface area contributed by atoms with Gasteiger partial charge in [0.1, 0.15) is 0 Å². The Kier molecular flexibility index (Phi) is 7.75. The predicted octanol–water partition coefficient (Wildman–Crippen LogP) is 2.43. The van der Waals surface area contributed by atoms with Gasteiger partial charge in [0, 0.05) is 52.5 Å². The maximum Gasteiger partial charge on any atom is 0.193 e. The van der Waals surface area contributed by atoms with Crippen LogP contribution in [-0.4, -0.2) is 65.8 Å².